The van der Waals surface area contributed by atoms with Gasteiger partial charge in [0.05, 0.1) is 13.2 Å². The lowest BCUT2D eigenvalue weighted by molar-refractivity contribution is -0.248. The Labute approximate surface area is 87.5 Å². The minimum absolute atomic E-state index is 0.320. The van der Waals surface area contributed by atoms with Crippen molar-refractivity contribution >= 4 is 17.4 Å². The lowest BCUT2D eigenvalue weighted by Crippen LogP contribution is -2.04. The van der Waals surface area contributed by atoms with Crippen LogP contribution in [0.4, 0.5) is 5.69 Å². The van der Waals surface area contributed by atoms with E-state index in [0.717, 1.165) is 10.6 Å². The van der Waals surface area contributed by atoms with E-state index in [-0.39, 0.29) is 0 Å². The van der Waals surface area contributed by atoms with Gasteiger partial charge in [0, 0.05) is 16.5 Å². The Hall–Kier alpha value is -0.710. The van der Waals surface area contributed by atoms with Gasteiger partial charge < -0.3 is 5.73 Å². The molecule has 1 aromatic carbocycles. The van der Waals surface area contributed by atoms with Gasteiger partial charge in [0.15, 0.2) is 0 Å². The molecule has 0 bridgehead atoms. The van der Waals surface area contributed by atoms with Gasteiger partial charge in [-0.3, -0.25) is 0 Å². The van der Waals surface area contributed by atoms with Crippen molar-refractivity contribution in [3.05, 3.63) is 23.8 Å². The summed E-state index contributed by atoms with van der Waals surface area (Å²) < 4.78 is 0. The molecule has 2 rings (SSSR count). The molecule has 1 fully saturated rings. The van der Waals surface area contributed by atoms with Gasteiger partial charge >= 0.3 is 0 Å². The maximum absolute atomic E-state index is 5.90. The molecule has 1 aliphatic heterocycles. The van der Waals surface area contributed by atoms with E-state index in [0.29, 0.717) is 19.1 Å². The standard InChI is InChI=1S/C10H13NO2S/c1-14-10-8(3-2-4-9(10)11)7-5-12-13-6-7/h2-4,7H,5-6,11H2,1H3. The number of thioether (sulfide) groups is 1. The van der Waals surface area contributed by atoms with E-state index in [1.165, 1.54) is 5.56 Å². The minimum Gasteiger partial charge on any atom is -0.398 e. The zero-order valence-electron chi connectivity index (χ0n) is 8.03. The molecule has 14 heavy (non-hydrogen) atoms. The van der Waals surface area contributed by atoms with Crippen LogP contribution in [0.5, 0.6) is 0 Å². The van der Waals surface area contributed by atoms with Gasteiger partial charge in [0.1, 0.15) is 0 Å². The molecule has 0 radical (unpaired) electrons. The highest BCUT2D eigenvalue weighted by Crippen LogP contribution is 2.34. The number of hydrogen-bond donors (Lipinski definition) is 1. The maximum Gasteiger partial charge on any atom is 0.0914 e. The summed E-state index contributed by atoms with van der Waals surface area (Å²) in [5, 5.41) is 0. The van der Waals surface area contributed by atoms with Gasteiger partial charge in [-0.2, -0.15) is 0 Å². The van der Waals surface area contributed by atoms with Crippen molar-refractivity contribution in [3.8, 4) is 0 Å². The van der Waals surface area contributed by atoms with Gasteiger partial charge in [-0.15, -0.1) is 11.8 Å². The number of hydrogen-bond acceptors (Lipinski definition) is 4. The van der Waals surface area contributed by atoms with Gasteiger partial charge in [0.25, 0.3) is 0 Å². The first-order valence-electron chi connectivity index (χ1n) is 4.49. The summed E-state index contributed by atoms with van der Waals surface area (Å²) in [5.41, 5.74) is 7.96. The molecule has 76 valence electrons. The summed E-state index contributed by atoms with van der Waals surface area (Å²) in [4.78, 5) is 10.9. The third-order valence-corrected chi connectivity index (χ3v) is 3.22. The van der Waals surface area contributed by atoms with Crippen molar-refractivity contribution in [1.82, 2.24) is 0 Å². The second-order valence-electron chi connectivity index (χ2n) is 3.24. The molecule has 1 aliphatic rings. The number of nitrogens with two attached hydrogens (primary N) is 1. The molecule has 0 atom stereocenters. The van der Waals surface area contributed by atoms with E-state index < -0.39 is 0 Å². The summed E-state index contributed by atoms with van der Waals surface area (Å²) >= 11 is 1.67. The maximum atomic E-state index is 5.90. The Morgan fingerprint density at radius 3 is 2.71 bits per heavy atom. The largest absolute Gasteiger partial charge is 0.398 e. The highest BCUT2D eigenvalue weighted by atomic mass is 32.2. The van der Waals surface area contributed by atoms with Crippen LogP contribution in [-0.2, 0) is 9.78 Å². The van der Waals surface area contributed by atoms with Crippen LogP contribution in [0.1, 0.15) is 11.5 Å². The number of nitrogen functional groups attached to an aromatic ring is 1. The predicted molar refractivity (Wildman–Crippen MR) is 57.3 cm³/mol. The Kier molecular flexibility index (Phi) is 2.96. The van der Waals surface area contributed by atoms with Crippen LogP contribution in [0, 0.1) is 0 Å². The average molecular weight is 211 g/mol. The monoisotopic (exact) mass is 211 g/mol. The first kappa shape index (κ1) is 9.83. The van der Waals surface area contributed by atoms with Crippen molar-refractivity contribution in [3.63, 3.8) is 0 Å². The summed E-state index contributed by atoms with van der Waals surface area (Å²) in [5.74, 6) is 0.320. The van der Waals surface area contributed by atoms with Crippen LogP contribution in [0.15, 0.2) is 23.1 Å². The summed E-state index contributed by atoms with van der Waals surface area (Å²) in [7, 11) is 0. The van der Waals surface area contributed by atoms with Crippen molar-refractivity contribution in [1.29, 1.82) is 0 Å². The first-order chi connectivity index (χ1) is 6.83. The molecule has 0 saturated carbocycles. The average Bonchev–Trinajstić information content (AvgIpc) is 2.70. The molecular weight excluding hydrogens is 198 g/mol. The normalized spacial score (nSPS) is 17.5. The highest BCUT2D eigenvalue weighted by Gasteiger charge is 2.22. The second-order valence-corrected chi connectivity index (χ2v) is 4.05. The van der Waals surface area contributed by atoms with Crippen LogP contribution < -0.4 is 5.73 Å². The van der Waals surface area contributed by atoms with Gasteiger partial charge in [-0.1, -0.05) is 12.1 Å². The lowest BCUT2D eigenvalue weighted by atomic mass is 10.0. The number of anilines is 1. The van der Waals surface area contributed by atoms with Gasteiger partial charge in [0.2, 0.25) is 0 Å². The van der Waals surface area contributed by atoms with Crippen LogP contribution in [0.2, 0.25) is 0 Å². The van der Waals surface area contributed by atoms with E-state index in [9.17, 15) is 0 Å². The molecule has 1 heterocycles. The molecule has 0 amide bonds. The predicted octanol–water partition coefficient (Wildman–Crippen LogP) is 2.04. The molecule has 0 spiro atoms. The molecule has 0 aliphatic carbocycles. The van der Waals surface area contributed by atoms with Crippen molar-refractivity contribution in [2.24, 2.45) is 0 Å². The minimum atomic E-state index is 0.320. The zero-order chi connectivity index (χ0) is 9.97. The van der Waals surface area contributed by atoms with E-state index >= 15 is 0 Å². The fourth-order valence-electron chi connectivity index (χ4n) is 1.62. The Bertz CT molecular complexity index is 324. The molecule has 1 aromatic rings. The number of benzene rings is 1. The van der Waals surface area contributed by atoms with E-state index in [4.69, 9.17) is 15.5 Å². The first-order valence-corrected chi connectivity index (χ1v) is 5.72. The fraction of sp³-hybridized carbons (Fsp3) is 0.400. The van der Waals surface area contributed by atoms with Crippen LogP contribution in [0.25, 0.3) is 0 Å². The van der Waals surface area contributed by atoms with Crippen LogP contribution in [0.3, 0.4) is 0 Å². The Morgan fingerprint density at radius 1 is 1.36 bits per heavy atom. The Balaban J connectivity index is 2.35. The molecule has 3 nitrogen and oxygen atoms in total. The Morgan fingerprint density at radius 2 is 2.07 bits per heavy atom. The quantitative estimate of drug-likeness (QED) is 0.462. The van der Waals surface area contributed by atoms with E-state index in [2.05, 4.69) is 6.07 Å². The van der Waals surface area contributed by atoms with Gasteiger partial charge in [-0.25, -0.2) is 9.78 Å². The third kappa shape index (κ3) is 1.73. The molecule has 2 N–H and O–H groups in total. The highest BCUT2D eigenvalue weighted by molar-refractivity contribution is 7.98. The fourth-order valence-corrected chi connectivity index (χ4v) is 2.39. The smallest absolute Gasteiger partial charge is 0.0914 e. The van der Waals surface area contributed by atoms with Crippen LogP contribution >= 0.6 is 11.8 Å². The van der Waals surface area contributed by atoms with Crippen molar-refractivity contribution in [2.45, 2.75) is 10.8 Å². The van der Waals surface area contributed by atoms with Gasteiger partial charge in [-0.05, 0) is 17.9 Å². The lowest BCUT2D eigenvalue weighted by Gasteiger charge is -2.12. The summed E-state index contributed by atoms with van der Waals surface area (Å²) in [6.45, 7) is 1.24. The van der Waals surface area contributed by atoms with Crippen molar-refractivity contribution in [2.75, 3.05) is 25.2 Å². The zero-order valence-corrected chi connectivity index (χ0v) is 8.84. The molecule has 0 aromatic heterocycles. The molecule has 1 saturated heterocycles. The summed E-state index contributed by atoms with van der Waals surface area (Å²) in [6.07, 6.45) is 2.03. The molecular formula is C10H13NO2S. The van der Waals surface area contributed by atoms with Crippen LogP contribution in [-0.4, -0.2) is 19.5 Å². The third-order valence-electron chi connectivity index (χ3n) is 2.34. The van der Waals surface area contributed by atoms with Crippen molar-refractivity contribution < 1.29 is 9.78 Å². The van der Waals surface area contributed by atoms with E-state index in [1.807, 2.05) is 18.4 Å². The molecule has 4 heteroatoms. The van der Waals surface area contributed by atoms with E-state index in [1.54, 1.807) is 11.8 Å². The molecule has 0 unspecified atom stereocenters. The summed E-state index contributed by atoms with van der Waals surface area (Å²) in [6, 6.07) is 5.99. The topological polar surface area (TPSA) is 44.5 Å². The SMILES string of the molecule is CSc1c(N)cccc1C1COOC1. The number of rotatable bonds is 2. The second kappa shape index (κ2) is 4.21.